The Kier molecular flexibility index (Phi) is 4.50. The van der Waals surface area contributed by atoms with Crippen LogP contribution in [0.5, 0.6) is 0 Å². The molecule has 146 valence electrons. The molecule has 0 unspecified atom stereocenters. The number of carbonyl (C=O) groups is 2. The van der Waals surface area contributed by atoms with Crippen molar-refractivity contribution in [1.29, 1.82) is 0 Å². The summed E-state index contributed by atoms with van der Waals surface area (Å²) in [6.07, 6.45) is 2.81. The molecule has 3 aliphatic rings. The minimum atomic E-state index is -0.904. The van der Waals surface area contributed by atoms with Crippen LogP contribution < -0.4 is 0 Å². The van der Waals surface area contributed by atoms with Crippen molar-refractivity contribution in [2.45, 2.75) is 45.8 Å². The third-order valence-corrected chi connectivity index (χ3v) is 6.39. The number of allylic oxidation sites excluding steroid dienone is 3. The molecule has 1 N–H and O–H groups in total. The number of aliphatic hydroxyl groups excluding tert-OH is 1. The number of fused-ring (bicyclic) bond motifs is 2. The van der Waals surface area contributed by atoms with Gasteiger partial charge in [-0.05, 0) is 36.6 Å². The van der Waals surface area contributed by atoms with Crippen molar-refractivity contribution in [3.63, 3.8) is 0 Å². The van der Waals surface area contributed by atoms with Crippen molar-refractivity contribution < 1.29 is 24.2 Å². The van der Waals surface area contributed by atoms with E-state index in [0.29, 0.717) is 17.8 Å². The van der Waals surface area contributed by atoms with Gasteiger partial charge in [0, 0.05) is 22.5 Å². The van der Waals surface area contributed by atoms with Crippen LogP contribution in [0.4, 0.5) is 0 Å². The highest BCUT2D eigenvalue weighted by Gasteiger charge is 2.50. The number of benzene rings is 1. The zero-order valence-electron chi connectivity index (χ0n) is 16.3. The minimum absolute atomic E-state index is 0.129. The Morgan fingerprint density at radius 3 is 2.75 bits per heavy atom. The summed E-state index contributed by atoms with van der Waals surface area (Å²) in [6, 6.07) is 9.41. The highest BCUT2D eigenvalue weighted by atomic mass is 16.6. The Labute approximate surface area is 164 Å². The summed E-state index contributed by atoms with van der Waals surface area (Å²) in [5.41, 5.74) is 2.97. The van der Waals surface area contributed by atoms with Gasteiger partial charge in [-0.1, -0.05) is 44.2 Å². The van der Waals surface area contributed by atoms with E-state index in [-0.39, 0.29) is 29.7 Å². The summed E-state index contributed by atoms with van der Waals surface area (Å²) in [4.78, 5) is 24.4. The fourth-order valence-corrected chi connectivity index (χ4v) is 4.38. The monoisotopic (exact) mass is 380 g/mol. The van der Waals surface area contributed by atoms with Crippen LogP contribution in [0.15, 0.2) is 65.0 Å². The van der Waals surface area contributed by atoms with E-state index in [1.54, 1.807) is 13.0 Å². The first kappa shape index (κ1) is 18.7. The number of esters is 2. The molecule has 1 aromatic carbocycles. The number of aliphatic hydroxyl groups is 1. The average molecular weight is 380 g/mol. The molecule has 5 nitrogen and oxygen atoms in total. The van der Waals surface area contributed by atoms with Gasteiger partial charge in [0.25, 0.3) is 0 Å². The molecule has 4 atom stereocenters. The standard InChI is InChI=1S/C23H24O5/c1-13-17-12-23(3)14(2)21(28-20(25)9-15-7-5-4-6-8-15)18(24)10-16(23)11-19(17)27-22(13)26/h4-8,10-11,14,18,21,24H,9,12H2,1-3H3/t14-,18-,21+,23+/m0/s1. The normalized spacial score (nSPS) is 31.4. The van der Waals surface area contributed by atoms with E-state index in [1.165, 1.54) is 0 Å². The second kappa shape index (κ2) is 6.74. The van der Waals surface area contributed by atoms with Crippen LogP contribution in [-0.2, 0) is 25.5 Å². The number of ether oxygens (including phenoxy) is 2. The van der Waals surface area contributed by atoms with Gasteiger partial charge in [-0.3, -0.25) is 4.79 Å². The number of hydrogen-bond acceptors (Lipinski definition) is 5. The largest absolute Gasteiger partial charge is 0.459 e. The molecule has 0 fully saturated rings. The van der Waals surface area contributed by atoms with Gasteiger partial charge in [-0.2, -0.15) is 0 Å². The quantitative estimate of drug-likeness (QED) is 0.815. The number of hydrogen-bond donors (Lipinski definition) is 1. The summed E-state index contributed by atoms with van der Waals surface area (Å²) in [7, 11) is 0. The topological polar surface area (TPSA) is 72.8 Å². The van der Waals surface area contributed by atoms with Gasteiger partial charge in [0.1, 0.15) is 18.0 Å². The van der Waals surface area contributed by atoms with E-state index in [1.807, 2.05) is 43.3 Å². The van der Waals surface area contributed by atoms with Crippen LogP contribution >= 0.6 is 0 Å². The first-order valence-corrected chi connectivity index (χ1v) is 9.57. The van der Waals surface area contributed by atoms with Gasteiger partial charge in [-0.15, -0.1) is 0 Å². The van der Waals surface area contributed by atoms with E-state index in [0.717, 1.165) is 16.7 Å². The second-order valence-electron chi connectivity index (χ2n) is 8.11. The Balaban J connectivity index is 1.58. The molecule has 0 saturated carbocycles. The van der Waals surface area contributed by atoms with E-state index in [2.05, 4.69) is 6.92 Å². The predicted molar refractivity (Wildman–Crippen MR) is 103 cm³/mol. The maximum atomic E-state index is 12.5. The average Bonchev–Trinajstić information content (AvgIpc) is 2.92. The van der Waals surface area contributed by atoms with Crippen LogP contribution in [0.2, 0.25) is 0 Å². The SMILES string of the molecule is CC1=C2C[C@@]3(C)C(=C[C@H](O)[C@H](OC(=O)Cc4ccccc4)[C@@H]3C)C=C2OC1=O. The van der Waals surface area contributed by atoms with Gasteiger partial charge in [0.05, 0.1) is 6.42 Å². The zero-order valence-corrected chi connectivity index (χ0v) is 16.3. The predicted octanol–water partition coefficient (Wildman–Crippen LogP) is 3.25. The van der Waals surface area contributed by atoms with Crippen molar-refractivity contribution in [2.75, 3.05) is 0 Å². The van der Waals surface area contributed by atoms with E-state index >= 15 is 0 Å². The summed E-state index contributed by atoms with van der Waals surface area (Å²) in [6.45, 7) is 5.85. The van der Waals surface area contributed by atoms with Crippen molar-refractivity contribution >= 4 is 11.9 Å². The Bertz CT molecular complexity index is 924. The number of carbonyl (C=O) groups excluding carboxylic acids is 2. The fourth-order valence-electron chi connectivity index (χ4n) is 4.38. The molecule has 1 aliphatic heterocycles. The molecule has 0 amide bonds. The van der Waals surface area contributed by atoms with Gasteiger partial charge in [0.2, 0.25) is 0 Å². The van der Waals surface area contributed by atoms with Crippen LogP contribution in [0, 0.1) is 11.3 Å². The maximum absolute atomic E-state index is 12.5. The maximum Gasteiger partial charge on any atom is 0.339 e. The molecular weight excluding hydrogens is 356 g/mol. The molecule has 5 heteroatoms. The summed E-state index contributed by atoms with van der Waals surface area (Å²) in [5.74, 6) is -0.228. The first-order valence-electron chi connectivity index (χ1n) is 9.57. The first-order chi connectivity index (χ1) is 13.3. The van der Waals surface area contributed by atoms with Crippen molar-refractivity contribution in [1.82, 2.24) is 0 Å². The van der Waals surface area contributed by atoms with Crippen molar-refractivity contribution in [3.05, 3.63) is 70.5 Å². The van der Waals surface area contributed by atoms with Crippen LogP contribution in [-0.4, -0.2) is 29.3 Å². The van der Waals surface area contributed by atoms with Crippen molar-refractivity contribution in [3.8, 4) is 0 Å². The Morgan fingerprint density at radius 1 is 1.32 bits per heavy atom. The van der Waals surface area contributed by atoms with Crippen molar-refractivity contribution in [2.24, 2.45) is 11.3 Å². The lowest BCUT2D eigenvalue weighted by molar-refractivity contribution is -0.160. The Hall–Kier alpha value is -2.66. The molecule has 0 spiro atoms. The van der Waals surface area contributed by atoms with Crippen LogP contribution in [0.3, 0.4) is 0 Å². The lowest BCUT2D eigenvalue weighted by Gasteiger charge is -2.47. The molecule has 0 aromatic heterocycles. The van der Waals surface area contributed by atoms with E-state index in [9.17, 15) is 14.7 Å². The van der Waals surface area contributed by atoms with E-state index in [4.69, 9.17) is 9.47 Å². The Morgan fingerprint density at radius 2 is 2.04 bits per heavy atom. The minimum Gasteiger partial charge on any atom is -0.459 e. The molecule has 0 radical (unpaired) electrons. The highest BCUT2D eigenvalue weighted by Crippen LogP contribution is 2.53. The van der Waals surface area contributed by atoms with Gasteiger partial charge in [0.15, 0.2) is 0 Å². The molecule has 0 saturated heterocycles. The summed E-state index contributed by atoms with van der Waals surface area (Å²) >= 11 is 0. The molecule has 0 bridgehead atoms. The zero-order chi connectivity index (χ0) is 20.1. The lowest BCUT2D eigenvalue weighted by Crippen LogP contribution is -2.49. The van der Waals surface area contributed by atoms with Gasteiger partial charge in [-0.25, -0.2) is 4.79 Å². The molecule has 1 heterocycles. The molecular formula is C23H24O5. The molecule has 1 aromatic rings. The summed E-state index contributed by atoms with van der Waals surface area (Å²) < 4.78 is 11.1. The van der Waals surface area contributed by atoms with Gasteiger partial charge >= 0.3 is 11.9 Å². The molecule has 28 heavy (non-hydrogen) atoms. The lowest BCUT2D eigenvalue weighted by atomic mass is 9.60. The third kappa shape index (κ3) is 3.00. The fraction of sp³-hybridized carbons (Fsp3) is 0.391. The molecule has 4 rings (SSSR count). The van der Waals surface area contributed by atoms with E-state index < -0.39 is 12.2 Å². The highest BCUT2D eigenvalue weighted by molar-refractivity contribution is 5.94. The van der Waals surface area contributed by atoms with Crippen LogP contribution in [0.1, 0.15) is 32.8 Å². The second-order valence-corrected chi connectivity index (χ2v) is 8.11. The summed E-state index contributed by atoms with van der Waals surface area (Å²) in [5, 5.41) is 10.6. The number of rotatable bonds is 3. The molecule has 2 aliphatic carbocycles. The van der Waals surface area contributed by atoms with Gasteiger partial charge < -0.3 is 14.6 Å². The van der Waals surface area contributed by atoms with Crippen LogP contribution in [0.25, 0.3) is 0 Å². The smallest absolute Gasteiger partial charge is 0.339 e. The third-order valence-electron chi connectivity index (χ3n) is 6.39.